The van der Waals surface area contributed by atoms with E-state index < -0.39 is 0 Å². The van der Waals surface area contributed by atoms with E-state index in [1.807, 2.05) is 66.2 Å². The number of ether oxygens (including phenoxy) is 2. The average Bonchev–Trinajstić information content (AvgIpc) is 3.58. The van der Waals surface area contributed by atoms with Gasteiger partial charge < -0.3 is 14.8 Å². The molecule has 4 heterocycles. The Labute approximate surface area is 249 Å². The summed E-state index contributed by atoms with van der Waals surface area (Å²) in [7, 11) is 0. The third-order valence-electron chi connectivity index (χ3n) is 7.38. The highest BCUT2D eigenvalue weighted by Crippen LogP contribution is 2.50. The maximum atomic E-state index is 13.9. The topological polar surface area (TPSA) is 98.6 Å². The van der Waals surface area contributed by atoms with Crippen LogP contribution < -0.4 is 19.7 Å². The molecule has 0 saturated carbocycles. The van der Waals surface area contributed by atoms with Gasteiger partial charge in [0.25, 0.3) is 0 Å². The van der Waals surface area contributed by atoms with E-state index in [2.05, 4.69) is 31.1 Å². The predicted octanol–water partition coefficient (Wildman–Crippen LogP) is 5.09. The van der Waals surface area contributed by atoms with Crippen LogP contribution in [-0.2, 0) is 21.5 Å². The van der Waals surface area contributed by atoms with E-state index in [4.69, 9.17) is 14.6 Å². The van der Waals surface area contributed by atoms with Gasteiger partial charge in [0.15, 0.2) is 11.5 Å². The normalized spacial score (nSPS) is 16.2. The van der Waals surface area contributed by atoms with Crippen molar-refractivity contribution in [3.05, 3.63) is 94.9 Å². The monoisotopic (exact) mass is 583 g/mol. The molecular formula is C32H33N5O4S. The predicted molar refractivity (Wildman–Crippen MR) is 162 cm³/mol. The molecule has 0 radical (unpaired) electrons. The first-order valence-electron chi connectivity index (χ1n) is 13.9. The summed E-state index contributed by atoms with van der Waals surface area (Å²) in [6.07, 6.45) is 3.38. The zero-order chi connectivity index (χ0) is 29.4. The largest absolute Gasteiger partial charge is 0.454 e. The highest BCUT2D eigenvalue weighted by molar-refractivity contribution is 8.00. The number of fused-ring (bicyclic) bond motifs is 2. The molecule has 2 aromatic carbocycles. The summed E-state index contributed by atoms with van der Waals surface area (Å²) in [6, 6.07) is 17.6. The van der Waals surface area contributed by atoms with Gasteiger partial charge in [0.05, 0.1) is 22.4 Å². The first-order chi connectivity index (χ1) is 20.2. The summed E-state index contributed by atoms with van der Waals surface area (Å²) in [5, 5.41) is 7.93. The number of amides is 2. The van der Waals surface area contributed by atoms with Crippen molar-refractivity contribution in [3.63, 3.8) is 0 Å². The SMILES string of the molecule is Cc1ccccc1-n1nc(C(C)(C)C)c2c1N(CC(=O)NCc1ccncc1)C(=O)CS[C@H]2c1ccc2c(c1)OCO2. The average molecular weight is 584 g/mol. The highest BCUT2D eigenvalue weighted by atomic mass is 32.2. The van der Waals surface area contributed by atoms with Crippen molar-refractivity contribution in [1.29, 1.82) is 0 Å². The van der Waals surface area contributed by atoms with Crippen LogP contribution in [0.4, 0.5) is 5.82 Å². The van der Waals surface area contributed by atoms with E-state index in [-0.39, 0.29) is 41.6 Å². The zero-order valence-electron chi connectivity index (χ0n) is 24.1. The van der Waals surface area contributed by atoms with Gasteiger partial charge in [-0.1, -0.05) is 45.0 Å². The van der Waals surface area contributed by atoms with Crippen molar-refractivity contribution < 1.29 is 19.1 Å². The number of aryl methyl sites for hydroxylation is 1. The second-order valence-corrected chi connectivity index (χ2v) is 12.5. The number of thioether (sulfide) groups is 1. The molecule has 2 aliphatic rings. The lowest BCUT2D eigenvalue weighted by Crippen LogP contribution is -2.42. The molecule has 1 N–H and O–H groups in total. The van der Waals surface area contributed by atoms with Crippen LogP contribution in [0.2, 0.25) is 0 Å². The van der Waals surface area contributed by atoms with Gasteiger partial charge in [-0.2, -0.15) is 5.10 Å². The lowest BCUT2D eigenvalue weighted by molar-refractivity contribution is -0.123. The van der Waals surface area contributed by atoms with Crippen molar-refractivity contribution in [2.75, 3.05) is 24.0 Å². The Bertz CT molecular complexity index is 1650. The molecule has 4 aromatic rings. The van der Waals surface area contributed by atoms with Gasteiger partial charge in [0.1, 0.15) is 12.4 Å². The van der Waals surface area contributed by atoms with Crippen molar-refractivity contribution in [3.8, 4) is 17.2 Å². The lowest BCUT2D eigenvalue weighted by Gasteiger charge is -2.25. The number of rotatable bonds is 6. The molecule has 0 bridgehead atoms. The number of anilines is 1. The number of carbonyl (C=O) groups is 2. The zero-order valence-corrected chi connectivity index (χ0v) is 24.9. The quantitative estimate of drug-likeness (QED) is 0.338. The summed E-state index contributed by atoms with van der Waals surface area (Å²) in [6.45, 7) is 8.78. The smallest absolute Gasteiger partial charge is 0.240 e. The van der Waals surface area contributed by atoms with Gasteiger partial charge in [-0.15, -0.1) is 11.8 Å². The standard InChI is InChI=1S/C32H33N5O4S/c1-20-7-5-6-8-23(20)37-31-28(30(35-37)32(2,3)4)29(22-9-10-24-25(15-22)41-19-40-24)42-18-27(39)36(31)17-26(38)34-16-21-11-13-33-14-12-21/h5-15,29H,16-19H2,1-4H3,(H,34,38)/t29-/m0/s1. The van der Waals surface area contributed by atoms with Gasteiger partial charge in [-0.05, 0) is 53.9 Å². The van der Waals surface area contributed by atoms with Gasteiger partial charge in [0, 0.05) is 29.9 Å². The van der Waals surface area contributed by atoms with Crippen LogP contribution in [0, 0.1) is 6.92 Å². The van der Waals surface area contributed by atoms with Crippen LogP contribution in [0.25, 0.3) is 5.69 Å². The Morgan fingerprint density at radius 1 is 1.07 bits per heavy atom. The number of hydrogen-bond acceptors (Lipinski definition) is 7. The maximum Gasteiger partial charge on any atom is 0.240 e. The third kappa shape index (κ3) is 5.34. The lowest BCUT2D eigenvalue weighted by atomic mass is 9.87. The summed E-state index contributed by atoms with van der Waals surface area (Å²) >= 11 is 1.54. The fourth-order valence-corrected chi connectivity index (χ4v) is 6.47. The summed E-state index contributed by atoms with van der Waals surface area (Å²) in [4.78, 5) is 32.9. The number of benzene rings is 2. The number of hydrogen-bond donors (Lipinski definition) is 1. The fraction of sp³-hybridized carbons (Fsp3) is 0.312. The number of aromatic nitrogens is 3. The molecule has 2 aromatic heterocycles. The van der Waals surface area contributed by atoms with E-state index in [1.165, 1.54) is 11.8 Å². The Morgan fingerprint density at radius 3 is 2.60 bits per heavy atom. The van der Waals surface area contributed by atoms with Crippen molar-refractivity contribution in [1.82, 2.24) is 20.1 Å². The summed E-state index contributed by atoms with van der Waals surface area (Å²) in [5.41, 5.74) is 5.22. The van der Waals surface area contributed by atoms with Crippen LogP contribution in [0.3, 0.4) is 0 Å². The Kier molecular flexibility index (Phi) is 7.40. The number of pyridine rings is 1. The first-order valence-corrected chi connectivity index (χ1v) is 14.9. The molecule has 0 aliphatic carbocycles. The second-order valence-electron chi connectivity index (χ2n) is 11.4. The van der Waals surface area contributed by atoms with Crippen molar-refractivity contribution >= 4 is 29.4 Å². The van der Waals surface area contributed by atoms with Crippen LogP contribution in [0.5, 0.6) is 11.5 Å². The number of para-hydroxylation sites is 1. The fourth-order valence-electron chi connectivity index (χ4n) is 5.28. The van der Waals surface area contributed by atoms with Crippen molar-refractivity contribution in [2.45, 2.75) is 44.9 Å². The van der Waals surface area contributed by atoms with Crippen LogP contribution in [0.15, 0.2) is 67.0 Å². The molecule has 2 amide bonds. The number of nitrogens with one attached hydrogen (secondary N) is 1. The van der Waals surface area contributed by atoms with Gasteiger partial charge >= 0.3 is 0 Å². The molecule has 1 atom stereocenters. The van der Waals surface area contributed by atoms with Gasteiger partial charge in [-0.25, -0.2) is 4.68 Å². The van der Waals surface area contributed by atoms with Crippen LogP contribution >= 0.6 is 11.8 Å². The minimum Gasteiger partial charge on any atom is -0.454 e. The summed E-state index contributed by atoms with van der Waals surface area (Å²) in [5.74, 6) is 1.79. The molecular weight excluding hydrogens is 550 g/mol. The Balaban J connectivity index is 1.49. The number of nitrogens with zero attached hydrogens (tertiary/aromatic N) is 4. The van der Waals surface area contributed by atoms with Gasteiger partial charge in [0.2, 0.25) is 18.6 Å². The van der Waals surface area contributed by atoms with E-state index in [0.29, 0.717) is 23.9 Å². The minimum atomic E-state index is -0.351. The van der Waals surface area contributed by atoms with Crippen LogP contribution in [-0.4, -0.2) is 45.7 Å². The summed E-state index contributed by atoms with van der Waals surface area (Å²) < 4.78 is 13.1. The van der Waals surface area contributed by atoms with Crippen molar-refractivity contribution in [2.24, 2.45) is 0 Å². The molecule has 10 heteroatoms. The first kappa shape index (κ1) is 27.8. The van der Waals surface area contributed by atoms with Gasteiger partial charge in [-0.3, -0.25) is 19.5 Å². The molecule has 0 spiro atoms. The van der Waals surface area contributed by atoms with E-state index in [1.54, 1.807) is 17.3 Å². The molecule has 0 fully saturated rings. The highest BCUT2D eigenvalue weighted by Gasteiger charge is 2.40. The van der Waals surface area contributed by atoms with E-state index in [0.717, 1.165) is 33.6 Å². The molecule has 42 heavy (non-hydrogen) atoms. The minimum absolute atomic E-state index is 0.132. The van der Waals surface area contributed by atoms with E-state index in [9.17, 15) is 9.59 Å². The Morgan fingerprint density at radius 2 is 1.83 bits per heavy atom. The Hall–Kier alpha value is -4.31. The molecule has 0 saturated heterocycles. The maximum absolute atomic E-state index is 13.9. The van der Waals surface area contributed by atoms with E-state index >= 15 is 0 Å². The van der Waals surface area contributed by atoms with Crippen LogP contribution in [0.1, 0.15) is 54.0 Å². The molecule has 2 aliphatic heterocycles. The third-order valence-corrected chi connectivity index (χ3v) is 8.64. The second kappa shape index (κ2) is 11.2. The molecule has 0 unspecified atom stereocenters. The molecule has 216 valence electrons. The molecule has 6 rings (SSSR count). The number of carbonyl (C=O) groups excluding carboxylic acids is 2. The molecule has 9 nitrogen and oxygen atoms in total.